The molecule has 2 unspecified atom stereocenters. The van der Waals surface area contributed by atoms with Gasteiger partial charge in [0, 0.05) is 24.0 Å². The summed E-state index contributed by atoms with van der Waals surface area (Å²) in [4.78, 5) is 13.5. The van der Waals surface area contributed by atoms with Crippen LogP contribution in [-0.2, 0) is 14.8 Å². The first kappa shape index (κ1) is 21.5. The van der Waals surface area contributed by atoms with Crippen molar-refractivity contribution in [2.24, 2.45) is 17.3 Å². The van der Waals surface area contributed by atoms with Gasteiger partial charge in [-0.3, -0.25) is 4.79 Å². The smallest absolute Gasteiger partial charge is 0.245 e. The number of anilines is 1. The summed E-state index contributed by atoms with van der Waals surface area (Å²) >= 11 is 6.91. The molecule has 5 aliphatic rings. The minimum atomic E-state index is -3.73. The first-order chi connectivity index (χ1) is 14.7. The number of carbonyl (C=O) groups excluding carboxylic acids is 1. The molecule has 1 amide bonds. The molecular weight excluding hydrogens is 436 g/mol. The van der Waals surface area contributed by atoms with Crippen LogP contribution in [0.25, 0.3) is 0 Å². The third-order valence-electron chi connectivity index (χ3n) is 7.84. The topological polar surface area (TPSA) is 75.7 Å². The summed E-state index contributed by atoms with van der Waals surface area (Å²) in [5.74, 6) is 1.38. The molecule has 8 heteroatoms. The average Bonchev–Trinajstić information content (AvgIpc) is 2.72. The Hall–Kier alpha value is -1.31. The van der Waals surface area contributed by atoms with Crippen molar-refractivity contribution in [3.63, 3.8) is 0 Å². The Balaban J connectivity index is 1.46. The molecule has 0 radical (unpaired) electrons. The van der Waals surface area contributed by atoms with Crippen LogP contribution in [0.15, 0.2) is 23.1 Å². The Morgan fingerprint density at radius 3 is 2.42 bits per heavy atom. The Kier molecular flexibility index (Phi) is 5.30. The molecule has 1 aromatic carbocycles. The van der Waals surface area contributed by atoms with Crippen LogP contribution in [0.4, 0.5) is 5.69 Å². The van der Waals surface area contributed by atoms with Gasteiger partial charge in [-0.1, -0.05) is 6.42 Å². The van der Waals surface area contributed by atoms with Crippen molar-refractivity contribution < 1.29 is 17.9 Å². The molecule has 170 valence electrons. The average molecular weight is 467 g/mol. The quantitative estimate of drug-likeness (QED) is 0.653. The van der Waals surface area contributed by atoms with Gasteiger partial charge in [0.1, 0.15) is 10.6 Å². The molecule has 0 aromatic heterocycles. The number of nitrogens with zero attached hydrogens (tertiary/aromatic N) is 1. The van der Waals surface area contributed by atoms with Crippen molar-refractivity contribution >= 4 is 33.2 Å². The fourth-order valence-electron chi connectivity index (χ4n) is 6.86. The molecule has 6 nitrogen and oxygen atoms in total. The molecule has 1 aliphatic heterocycles. The van der Waals surface area contributed by atoms with Gasteiger partial charge in [-0.2, -0.15) is 4.31 Å². The van der Waals surface area contributed by atoms with Crippen molar-refractivity contribution in [2.75, 3.05) is 25.5 Å². The Bertz CT molecular complexity index is 975. The van der Waals surface area contributed by atoms with Crippen LogP contribution in [-0.4, -0.2) is 43.7 Å². The Morgan fingerprint density at radius 2 is 1.81 bits per heavy atom. The molecule has 4 aliphatic carbocycles. The molecule has 1 heterocycles. The molecule has 1 saturated heterocycles. The predicted molar refractivity (Wildman–Crippen MR) is 120 cm³/mol. The molecular formula is C23H31ClN2O4S. The number of amides is 1. The van der Waals surface area contributed by atoms with E-state index in [-0.39, 0.29) is 15.7 Å². The fraction of sp³-hybridized carbons (Fsp3) is 0.696. The molecule has 1 aromatic rings. The SMILES string of the molecule is COc1ccc(NC(=O)C23CC4CC(CC(Cl)(C4)C2)C3)c(S(=O)(=O)N2CCCCC2)c1. The first-order valence-electron chi connectivity index (χ1n) is 11.4. The van der Waals surface area contributed by atoms with Crippen LogP contribution in [0.2, 0.25) is 0 Å². The minimum absolute atomic E-state index is 0.0770. The van der Waals surface area contributed by atoms with Crippen molar-refractivity contribution in [3.05, 3.63) is 18.2 Å². The number of nitrogens with one attached hydrogen (secondary N) is 1. The summed E-state index contributed by atoms with van der Waals surface area (Å²) in [6.07, 6.45) is 8.31. The molecule has 31 heavy (non-hydrogen) atoms. The van der Waals surface area contributed by atoms with Crippen LogP contribution < -0.4 is 10.1 Å². The second-order valence-corrected chi connectivity index (χ2v) is 12.9. The van der Waals surface area contributed by atoms with Crippen molar-refractivity contribution in [1.82, 2.24) is 4.31 Å². The number of benzene rings is 1. The number of hydrogen-bond donors (Lipinski definition) is 1. The zero-order valence-electron chi connectivity index (χ0n) is 18.0. The van der Waals surface area contributed by atoms with Crippen molar-refractivity contribution in [3.8, 4) is 5.75 Å². The number of hydrogen-bond acceptors (Lipinski definition) is 4. The second kappa shape index (κ2) is 7.63. The largest absolute Gasteiger partial charge is 0.497 e. The predicted octanol–water partition coefficient (Wildman–Crippen LogP) is 4.39. The third-order valence-corrected chi connectivity index (χ3v) is 10.2. The summed E-state index contributed by atoms with van der Waals surface area (Å²) in [7, 11) is -2.21. The third kappa shape index (κ3) is 3.76. The lowest BCUT2D eigenvalue weighted by Crippen LogP contribution is -2.57. The van der Waals surface area contributed by atoms with E-state index in [4.69, 9.17) is 16.3 Å². The van der Waals surface area contributed by atoms with E-state index in [0.717, 1.165) is 44.9 Å². The van der Waals surface area contributed by atoms with Gasteiger partial charge in [0.25, 0.3) is 0 Å². The van der Waals surface area contributed by atoms with Gasteiger partial charge in [0.05, 0.1) is 18.2 Å². The summed E-state index contributed by atoms with van der Waals surface area (Å²) in [5.41, 5.74) is -0.145. The highest BCUT2D eigenvalue weighted by Gasteiger charge is 2.60. The number of carbonyl (C=O) groups is 1. The van der Waals surface area contributed by atoms with E-state index in [1.165, 1.54) is 23.9 Å². The van der Waals surface area contributed by atoms with Crippen LogP contribution in [0.5, 0.6) is 5.75 Å². The lowest BCUT2D eigenvalue weighted by atomic mass is 9.49. The molecule has 1 N–H and O–H groups in total. The highest BCUT2D eigenvalue weighted by Crippen LogP contribution is 2.64. The number of alkyl halides is 1. The standard InChI is InChI=1S/C23H31ClN2O4S/c1-30-18-5-6-19(20(10-18)31(28,29)26-7-3-2-4-8-26)25-21(27)22-11-16-9-17(12-22)14-23(24,13-16)15-22/h5-6,10,16-17H,2-4,7-9,11-15H2,1H3,(H,25,27). The number of sulfonamides is 1. The molecule has 2 atom stereocenters. The fourth-order valence-corrected chi connectivity index (χ4v) is 9.23. The van der Waals surface area contributed by atoms with Gasteiger partial charge in [0.2, 0.25) is 15.9 Å². The molecule has 5 fully saturated rings. The summed E-state index contributed by atoms with van der Waals surface area (Å²) in [6, 6.07) is 4.89. The van der Waals surface area contributed by atoms with E-state index >= 15 is 0 Å². The number of methoxy groups -OCH3 is 1. The molecule has 6 rings (SSSR count). The van der Waals surface area contributed by atoms with Crippen LogP contribution in [0.1, 0.15) is 57.8 Å². The van der Waals surface area contributed by atoms with E-state index in [1.807, 2.05) is 0 Å². The minimum Gasteiger partial charge on any atom is -0.497 e. The van der Waals surface area contributed by atoms with Gasteiger partial charge >= 0.3 is 0 Å². The number of rotatable bonds is 5. The van der Waals surface area contributed by atoms with E-state index in [0.29, 0.717) is 42.8 Å². The number of piperidine rings is 1. The highest BCUT2D eigenvalue weighted by molar-refractivity contribution is 7.89. The monoisotopic (exact) mass is 466 g/mol. The van der Waals surface area contributed by atoms with E-state index < -0.39 is 15.4 Å². The van der Waals surface area contributed by atoms with Crippen molar-refractivity contribution in [1.29, 1.82) is 0 Å². The lowest BCUT2D eigenvalue weighted by Gasteiger charge is -2.59. The van der Waals surface area contributed by atoms with Crippen molar-refractivity contribution in [2.45, 2.75) is 67.6 Å². The summed E-state index contributed by atoms with van der Waals surface area (Å²) in [5, 5.41) is 3.02. The molecule has 4 bridgehead atoms. The van der Waals surface area contributed by atoms with Crippen LogP contribution in [0.3, 0.4) is 0 Å². The maximum absolute atomic E-state index is 13.6. The van der Waals surface area contributed by atoms with E-state index in [1.54, 1.807) is 12.1 Å². The van der Waals surface area contributed by atoms with E-state index in [2.05, 4.69) is 5.32 Å². The lowest BCUT2D eigenvalue weighted by molar-refractivity contribution is -0.138. The second-order valence-electron chi connectivity index (χ2n) is 10.2. The maximum atomic E-state index is 13.6. The van der Waals surface area contributed by atoms with Crippen LogP contribution >= 0.6 is 11.6 Å². The molecule has 4 saturated carbocycles. The van der Waals surface area contributed by atoms with Gasteiger partial charge in [-0.05, 0) is 75.3 Å². The Morgan fingerprint density at radius 1 is 1.13 bits per heavy atom. The van der Waals surface area contributed by atoms with Gasteiger partial charge < -0.3 is 10.1 Å². The Labute approximate surface area is 189 Å². The zero-order chi connectivity index (χ0) is 21.9. The maximum Gasteiger partial charge on any atom is 0.245 e. The highest BCUT2D eigenvalue weighted by atomic mass is 35.5. The summed E-state index contributed by atoms with van der Waals surface area (Å²) < 4.78 is 33.7. The molecule has 0 spiro atoms. The van der Waals surface area contributed by atoms with E-state index in [9.17, 15) is 13.2 Å². The zero-order valence-corrected chi connectivity index (χ0v) is 19.6. The number of halogens is 1. The van der Waals surface area contributed by atoms with Gasteiger partial charge in [0.15, 0.2) is 0 Å². The summed E-state index contributed by atoms with van der Waals surface area (Å²) in [6.45, 7) is 1.02. The normalized spacial score (nSPS) is 35.2. The first-order valence-corrected chi connectivity index (χ1v) is 13.2. The van der Waals surface area contributed by atoms with Crippen LogP contribution in [0, 0.1) is 17.3 Å². The number of ether oxygens (including phenoxy) is 1. The van der Waals surface area contributed by atoms with Gasteiger partial charge in [-0.15, -0.1) is 11.6 Å². The van der Waals surface area contributed by atoms with Gasteiger partial charge in [-0.25, -0.2) is 8.42 Å².